The molecule has 0 radical (unpaired) electrons. The molecule has 9 heteroatoms. The third-order valence-electron chi connectivity index (χ3n) is 8.85. The number of fused-ring (bicyclic) bond motifs is 5. The average molecular weight is 476 g/mol. The van der Waals surface area contributed by atoms with Gasteiger partial charge >= 0.3 is 0 Å². The highest BCUT2D eigenvalue weighted by atomic mass is 32.2. The van der Waals surface area contributed by atoms with Gasteiger partial charge in [0, 0.05) is 26.2 Å². The highest BCUT2D eigenvalue weighted by Crippen LogP contribution is 2.71. The van der Waals surface area contributed by atoms with Crippen molar-refractivity contribution < 1.29 is 32.4 Å². The number of halogens is 3. The quantitative estimate of drug-likeness (QED) is 0.616. The Morgan fingerprint density at radius 2 is 2.03 bits per heavy atom. The van der Waals surface area contributed by atoms with Gasteiger partial charge < -0.3 is 9.63 Å². The average Bonchev–Trinajstić information content (AvgIpc) is 2.92. The van der Waals surface area contributed by atoms with E-state index in [0.717, 1.165) is 0 Å². The molecule has 4 aliphatic rings. The van der Waals surface area contributed by atoms with Crippen molar-refractivity contribution in [3.63, 3.8) is 0 Å². The number of ketones is 1. The molecule has 0 amide bonds. The number of alkyl halides is 3. The number of hydrogen-bond acceptors (Lipinski definition) is 5. The molecule has 3 unspecified atom stereocenters. The van der Waals surface area contributed by atoms with Crippen molar-refractivity contribution in [3.8, 4) is 0 Å². The molecule has 0 saturated heterocycles. The lowest BCUT2D eigenvalue weighted by Crippen LogP contribution is -2.70. The van der Waals surface area contributed by atoms with Crippen LogP contribution in [0.2, 0.25) is 0 Å². The summed E-state index contributed by atoms with van der Waals surface area (Å²) in [6.45, 7) is 5.02. The van der Waals surface area contributed by atoms with Crippen LogP contribution in [0.5, 0.6) is 0 Å². The molecule has 1 N–H and O–H groups in total. The van der Waals surface area contributed by atoms with Crippen LogP contribution in [0.1, 0.15) is 40.0 Å². The Balaban J connectivity index is 1.87. The van der Waals surface area contributed by atoms with Crippen molar-refractivity contribution in [2.24, 2.45) is 28.6 Å². The molecule has 0 aromatic rings. The second kappa shape index (κ2) is 7.41. The van der Waals surface area contributed by atoms with Gasteiger partial charge in [-0.25, -0.2) is 13.2 Å². The van der Waals surface area contributed by atoms with Crippen LogP contribution in [0.25, 0.3) is 0 Å². The topological polar surface area (TPSA) is 63.6 Å². The van der Waals surface area contributed by atoms with E-state index in [0.29, 0.717) is 18.2 Å². The smallest absolute Gasteiger partial charge is 0.223 e. The lowest BCUT2D eigenvalue weighted by molar-refractivity contribution is -0.212. The molecule has 3 saturated carbocycles. The van der Waals surface area contributed by atoms with Gasteiger partial charge in [-0.15, -0.1) is 0 Å². The Hall–Kier alpha value is -0.690. The molecule has 4 nitrogen and oxygen atoms in total. The van der Waals surface area contributed by atoms with Crippen molar-refractivity contribution in [2.45, 2.75) is 63.6 Å². The number of allylic oxidation sites excluding steroid dienone is 4. The van der Waals surface area contributed by atoms with Crippen LogP contribution in [0.15, 0.2) is 23.8 Å². The molecule has 3 fully saturated rings. The maximum atomic E-state index is 17.3. The molecule has 0 aromatic carbocycles. The van der Waals surface area contributed by atoms with E-state index in [9.17, 15) is 19.1 Å². The van der Waals surface area contributed by atoms with E-state index >= 15 is 8.78 Å². The Morgan fingerprint density at radius 1 is 1.35 bits per heavy atom. The van der Waals surface area contributed by atoms with Gasteiger partial charge in [-0.1, -0.05) is 31.7 Å². The van der Waals surface area contributed by atoms with E-state index in [1.54, 1.807) is 20.8 Å². The number of aliphatic hydroxyl groups is 1. The summed E-state index contributed by atoms with van der Waals surface area (Å²) in [5.41, 5.74) is -6.32. The zero-order chi connectivity index (χ0) is 23.0. The second-order valence-electron chi connectivity index (χ2n) is 9.91. The number of hydrogen-bond donors (Lipinski definition) is 1. The Labute approximate surface area is 186 Å². The molecule has 0 heterocycles. The molecule has 4 aliphatic carbocycles. The summed E-state index contributed by atoms with van der Waals surface area (Å²) in [6.07, 6.45) is 1.44. The van der Waals surface area contributed by atoms with Gasteiger partial charge in [0.05, 0.1) is 6.10 Å². The largest absolute Gasteiger partial charge is 0.380 e. The first-order chi connectivity index (χ1) is 14.4. The van der Waals surface area contributed by atoms with E-state index in [1.165, 1.54) is 18.2 Å². The number of carbonyl (C=O) groups excluding carboxylic acids is 2. The molecule has 10 atom stereocenters. The molecule has 4 rings (SSSR count). The lowest BCUT2D eigenvalue weighted by atomic mass is 9.44. The highest BCUT2D eigenvalue weighted by molar-refractivity contribution is 8.13. The normalized spacial score (nSPS) is 51.0. The zero-order valence-electron chi connectivity index (χ0n) is 17.7. The van der Waals surface area contributed by atoms with Gasteiger partial charge in [-0.3, -0.25) is 9.59 Å². The van der Waals surface area contributed by atoms with E-state index < -0.39 is 63.3 Å². The van der Waals surface area contributed by atoms with Crippen LogP contribution < -0.4 is 0 Å². The molecule has 0 bridgehead atoms. The molecule has 172 valence electrons. The summed E-state index contributed by atoms with van der Waals surface area (Å²) in [5, 5.41) is 10.9. The number of thioether (sulfide) groups is 1. The second-order valence-corrected chi connectivity index (χ2v) is 11.1. The van der Waals surface area contributed by atoms with Gasteiger partial charge in [0.2, 0.25) is 5.12 Å². The summed E-state index contributed by atoms with van der Waals surface area (Å²) in [7, 11) is 2.07. The van der Waals surface area contributed by atoms with Crippen molar-refractivity contribution in [1.29, 1.82) is 0 Å². The molecule has 0 spiro atoms. The van der Waals surface area contributed by atoms with E-state index in [2.05, 4.69) is 9.47 Å². The monoisotopic (exact) mass is 476 g/mol. The van der Waals surface area contributed by atoms with Gasteiger partial charge in [-0.2, -0.15) is 0 Å². The fourth-order valence-corrected chi connectivity index (χ4v) is 8.29. The first-order valence-electron chi connectivity index (χ1n) is 10.5. The summed E-state index contributed by atoms with van der Waals surface area (Å²) in [6, 6.07) is -0.966. The van der Waals surface area contributed by atoms with E-state index in [4.69, 9.17) is 4.52 Å². The van der Waals surface area contributed by atoms with Crippen LogP contribution >= 0.6 is 21.2 Å². The Morgan fingerprint density at radius 3 is 2.65 bits per heavy atom. The van der Waals surface area contributed by atoms with Crippen LogP contribution in [-0.2, 0) is 14.1 Å². The van der Waals surface area contributed by atoms with E-state index in [-0.39, 0.29) is 24.2 Å². The van der Waals surface area contributed by atoms with Crippen molar-refractivity contribution in [3.05, 3.63) is 23.8 Å². The van der Waals surface area contributed by atoms with Gasteiger partial charge in [0.25, 0.3) is 0 Å². The Bertz CT molecular complexity index is 883. The maximum absolute atomic E-state index is 17.3. The minimum atomic E-state index is -2.05. The molecular formula is C22H28F3O4PS. The zero-order valence-corrected chi connectivity index (χ0v) is 19.7. The first kappa shape index (κ1) is 23.5. The Kier molecular flexibility index (Phi) is 5.61. The summed E-state index contributed by atoms with van der Waals surface area (Å²) in [5.74, 6) is -2.29. The van der Waals surface area contributed by atoms with E-state index in [1.807, 2.05) is 0 Å². The summed E-state index contributed by atoms with van der Waals surface area (Å²) in [4.78, 5) is 24.8. The third-order valence-corrected chi connectivity index (χ3v) is 9.86. The summed E-state index contributed by atoms with van der Waals surface area (Å²) < 4.78 is 51.2. The SMILES string of the molecule is C[C@@H]1CC2C3C[C@H](F)C4=CC(=O)C=C[C@]4(C)[C@@]3(F)[C@@H](OP)C[C@]2(C)[C@@]1(O)C(=O)SCF. The van der Waals surface area contributed by atoms with Crippen molar-refractivity contribution >= 4 is 32.1 Å². The van der Waals surface area contributed by atoms with Crippen LogP contribution in [-0.4, -0.2) is 45.6 Å². The predicted molar refractivity (Wildman–Crippen MR) is 115 cm³/mol. The standard InChI is InChI=1S/C22H28F3O4PS/c1-11-6-13-14-8-16(24)15-7-12(26)4-5-19(15,2)21(14,25)17(29-30)9-20(13,3)22(11,28)18(27)31-10-23/h4-5,7,11,13-14,16-17,28H,6,8-10,30H2,1-3H3/t11-,13?,14?,16+,17+,19+,20+,21+,22+/m1/s1. The maximum Gasteiger partial charge on any atom is 0.223 e. The van der Waals surface area contributed by atoms with Crippen LogP contribution in [0.3, 0.4) is 0 Å². The molecule has 0 aliphatic heterocycles. The van der Waals surface area contributed by atoms with Gasteiger partial charge in [0.15, 0.2) is 11.5 Å². The molecule has 31 heavy (non-hydrogen) atoms. The first-order valence-corrected chi connectivity index (χ1v) is 12.0. The van der Waals surface area contributed by atoms with Crippen molar-refractivity contribution in [1.82, 2.24) is 0 Å². The highest BCUT2D eigenvalue weighted by Gasteiger charge is 2.77. The number of rotatable bonds is 3. The minimum absolute atomic E-state index is 0.00913. The predicted octanol–water partition coefficient (Wildman–Crippen LogP) is 4.28. The van der Waals surface area contributed by atoms with Gasteiger partial charge in [0.1, 0.15) is 17.8 Å². The van der Waals surface area contributed by atoms with Crippen LogP contribution in [0.4, 0.5) is 13.2 Å². The third kappa shape index (κ3) is 2.74. The number of carbonyl (C=O) groups is 2. The lowest BCUT2D eigenvalue weighted by Gasteiger charge is -2.63. The van der Waals surface area contributed by atoms with Crippen LogP contribution in [0, 0.1) is 28.6 Å². The fourth-order valence-electron chi connectivity index (χ4n) is 7.24. The summed E-state index contributed by atoms with van der Waals surface area (Å²) >= 11 is 0.414. The van der Waals surface area contributed by atoms with Gasteiger partial charge in [-0.05, 0) is 55.7 Å². The minimum Gasteiger partial charge on any atom is -0.380 e. The van der Waals surface area contributed by atoms with Crippen molar-refractivity contribution in [2.75, 3.05) is 6.01 Å². The molecule has 0 aromatic heterocycles. The molecular weight excluding hydrogens is 448 g/mol. The fraction of sp³-hybridized carbons (Fsp3) is 0.727.